The van der Waals surface area contributed by atoms with Gasteiger partial charge in [0.2, 0.25) is 0 Å². The maximum atomic E-state index is 12.5. The fourth-order valence-electron chi connectivity index (χ4n) is 0.800. The largest absolute Gasteiger partial charge is 0.465 e. The van der Waals surface area contributed by atoms with Gasteiger partial charge in [-0.25, -0.2) is 9.18 Å². The smallest absolute Gasteiger partial charge is 0.404 e. The van der Waals surface area contributed by atoms with Crippen LogP contribution in [0.1, 0.15) is 20.8 Å². The molecule has 0 aromatic rings. The van der Waals surface area contributed by atoms with Gasteiger partial charge in [0.05, 0.1) is 12.9 Å². The fraction of sp³-hybridized carbons (Fsp3) is 0.727. The number of rotatable bonds is 5. The highest BCUT2D eigenvalue weighted by Crippen LogP contribution is 2.36. The van der Waals surface area contributed by atoms with Crippen LogP contribution in [0, 0.1) is 0 Å². The summed E-state index contributed by atoms with van der Waals surface area (Å²) >= 11 is 0. The highest BCUT2D eigenvalue weighted by atomic mass is 28.4. The first-order valence-electron chi connectivity index (χ1n) is 5.49. The Balaban J connectivity index is 4.30. The predicted molar refractivity (Wildman–Crippen MR) is 68.4 cm³/mol. The van der Waals surface area contributed by atoms with E-state index in [2.05, 4.69) is 39.2 Å². The summed E-state index contributed by atoms with van der Waals surface area (Å²) < 4.78 is 18.3. The fourth-order valence-corrected chi connectivity index (χ4v) is 1.78. The van der Waals surface area contributed by atoms with Gasteiger partial charge in [0.25, 0.3) is 0 Å². The Hall–Kier alpha value is -0.883. The van der Waals surface area contributed by atoms with Gasteiger partial charge < -0.3 is 14.8 Å². The summed E-state index contributed by atoms with van der Waals surface area (Å²) in [5, 5.41) is 10.6. The van der Waals surface area contributed by atoms with Crippen LogP contribution >= 0.6 is 0 Å². The average Bonchev–Trinajstić information content (AvgIpc) is 2.15. The number of hydrogen-bond acceptors (Lipinski definition) is 2. The average molecular weight is 263 g/mol. The molecule has 0 aromatic carbocycles. The van der Waals surface area contributed by atoms with Crippen LogP contribution in [0.3, 0.4) is 0 Å². The van der Waals surface area contributed by atoms with Crippen molar-refractivity contribution in [3.05, 3.63) is 11.9 Å². The van der Waals surface area contributed by atoms with E-state index >= 15 is 0 Å². The number of carbonyl (C=O) groups is 1. The molecule has 0 saturated carbocycles. The summed E-state index contributed by atoms with van der Waals surface area (Å²) in [6, 6.07) is 0. The minimum atomic E-state index is -1.92. The molecule has 0 atom stereocenters. The van der Waals surface area contributed by atoms with Crippen LogP contribution in [-0.4, -0.2) is 32.7 Å². The summed E-state index contributed by atoms with van der Waals surface area (Å²) in [7, 11) is -1.92. The van der Waals surface area contributed by atoms with Gasteiger partial charge in [-0.05, 0) is 18.1 Å². The second-order valence-electron chi connectivity index (χ2n) is 5.48. The SMILES string of the molecule is CC(C)(C)[Si](C)(C)OC/C(=C\F)CNC(=O)O. The Morgan fingerprint density at radius 2 is 2.00 bits per heavy atom. The van der Waals surface area contributed by atoms with Crippen LogP contribution in [-0.2, 0) is 4.43 Å². The molecular formula is C11H22FNO3Si. The summed E-state index contributed by atoms with van der Waals surface area (Å²) in [5.74, 6) is 0. The van der Waals surface area contributed by atoms with Crippen LogP contribution in [0.2, 0.25) is 18.1 Å². The third kappa shape index (κ3) is 5.83. The molecule has 0 radical (unpaired) electrons. The van der Waals surface area contributed by atoms with Gasteiger partial charge in [-0.3, -0.25) is 0 Å². The van der Waals surface area contributed by atoms with Crippen molar-refractivity contribution in [3.63, 3.8) is 0 Å². The molecule has 0 unspecified atom stereocenters. The third-order valence-corrected chi connectivity index (χ3v) is 7.52. The molecule has 1 amide bonds. The van der Waals surface area contributed by atoms with Crippen molar-refractivity contribution < 1.29 is 18.7 Å². The first kappa shape index (κ1) is 16.1. The highest BCUT2D eigenvalue weighted by Gasteiger charge is 2.37. The van der Waals surface area contributed by atoms with Crippen molar-refractivity contribution in [2.45, 2.75) is 38.9 Å². The molecule has 6 heteroatoms. The number of halogens is 1. The van der Waals surface area contributed by atoms with Crippen LogP contribution in [0.4, 0.5) is 9.18 Å². The van der Waals surface area contributed by atoms with Crippen molar-refractivity contribution in [2.75, 3.05) is 13.2 Å². The zero-order valence-electron chi connectivity index (χ0n) is 11.1. The second kappa shape index (κ2) is 6.16. The van der Waals surface area contributed by atoms with E-state index in [0.717, 1.165) is 0 Å². The Labute approximate surface area is 103 Å². The monoisotopic (exact) mass is 263 g/mol. The lowest BCUT2D eigenvalue weighted by molar-refractivity contribution is 0.195. The lowest BCUT2D eigenvalue weighted by atomic mass is 10.2. The predicted octanol–water partition coefficient (Wildman–Crippen LogP) is 3.13. The first-order chi connectivity index (χ1) is 7.60. The third-order valence-electron chi connectivity index (χ3n) is 3.05. The molecule has 0 heterocycles. The Bertz CT molecular complexity index is 298. The van der Waals surface area contributed by atoms with E-state index in [1.807, 2.05) is 0 Å². The van der Waals surface area contributed by atoms with Crippen LogP contribution in [0.5, 0.6) is 0 Å². The second-order valence-corrected chi connectivity index (χ2v) is 10.3. The van der Waals surface area contributed by atoms with Gasteiger partial charge in [-0.1, -0.05) is 20.8 Å². The molecule has 0 spiro atoms. The molecule has 0 aliphatic heterocycles. The standard InChI is InChI=1S/C11H22FNO3Si/c1-11(2,3)17(4,5)16-8-9(6-12)7-13-10(14)15/h6,13H,7-8H2,1-5H3,(H,14,15)/b9-6-. The summed E-state index contributed by atoms with van der Waals surface area (Å²) in [5.41, 5.74) is 0.303. The Morgan fingerprint density at radius 1 is 1.47 bits per heavy atom. The molecule has 4 nitrogen and oxygen atoms in total. The van der Waals surface area contributed by atoms with Crippen molar-refractivity contribution in [3.8, 4) is 0 Å². The molecular weight excluding hydrogens is 241 g/mol. The van der Waals surface area contributed by atoms with Crippen LogP contribution < -0.4 is 5.32 Å². The maximum absolute atomic E-state index is 12.5. The molecule has 0 aliphatic carbocycles. The molecule has 0 bridgehead atoms. The summed E-state index contributed by atoms with van der Waals surface area (Å²) in [6.45, 7) is 10.5. The minimum Gasteiger partial charge on any atom is -0.465 e. The maximum Gasteiger partial charge on any atom is 0.404 e. The van der Waals surface area contributed by atoms with Gasteiger partial charge in [0, 0.05) is 12.1 Å². The van der Waals surface area contributed by atoms with Gasteiger partial charge in [-0.2, -0.15) is 0 Å². The van der Waals surface area contributed by atoms with Crippen molar-refractivity contribution >= 4 is 14.4 Å². The van der Waals surface area contributed by atoms with Gasteiger partial charge in [0.1, 0.15) is 0 Å². The number of amides is 1. The molecule has 17 heavy (non-hydrogen) atoms. The minimum absolute atomic E-state index is 0.0412. The van der Waals surface area contributed by atoms with Crippen molar-refractivity contribution in [2.24, 2.45) is 0 Å². The molecule has 0 aromatic heterocycles. The summed E-state index contributed by atoms with van der Waals surface area (Å²) in [4.78, 5) is 10.3. The van der Waals surface area contributed by atoms with E-state index in [9.17, 15) is 9.18 Å². The lowest BCUT2D eigenvalue weighted by Gasteiger charge is -2.36. The van der Waals surface area contributed by atoms with Crippen molar-refractivity contribution in [1.82, 2.24) is 5.32 Å². The number of nitrogens with one attached hydrogen (secondary N) is 1. The Kier molecular flexibility index (Phi) is 5.84. The molecule has 0 rings (SSSR count). The normalized spacial score (nSPS) is 13.6. The van der Waals surface area contributed by atoms with Crippen LogP contribution in [0.15, 0.2) is 11.9 Å². The number of carboxylic acid groups (broad SMARTS) is 1. The first-order valence-corrected chi connectivity index (χ1v) is 8.40. The summed E-state index contributed by atoms with van der Waals surface area (Å²) in [6.07, 6.45) is -0.764. The highest BCUT2D eigenvalue weighted by molar-refractivity contribution is 6.74. The quantitative estimate of drug-likeness (QED) is 0.749. The van der Waals surface area contributed by atoms with Crippen LogP contribution in [0.25, 0.3) is 0 Å². The molecule has 0 aliphatic rings. The van der Waals surface area contributed by atoms with E-state index < -0.39 is 14.4 Å². The molecule has 0 saturated heterocycles. The van der Waals surface area contributed by atoms with Gasteiger partial charge in [-0.15, -0.1) is 0 Å². The topological polar surface area (TPSA) is 58.6 Å². The van der Waals surface area contributed by atoms with E-state index in [4.69, 9.17) is 9.53 Å². The van der Waals surface area contributed by atoms with E-state index in [-0.39, 0.29) is 18.2 Å². The van der Waals surface area contributed by atoms with Gasteiger partial charge in [0.15, 0.2) is 8.32 Å². The van der Waals surface area contributed by atoms with E-state index in [0.29, 0.717) is 11.9 Å². The molecule has 0 fully saturated rings. The lowest BCUT2D eigenvalue weighted by Crippen LogP contribution is -2.41. The number of hydrogen-bond donors (Lipinski definition) is 2. The Morgan fingerprint density at radius 3 is 2.35 bits per heavy atom. The molecule has 2 N–H and O–H groups in total. The molecule has 100 valence electrons. The van der Waals surface area contributed by atoms with Gasteiger partial charge >= 0.3 is 6.09 Å². The zero-order chi connectivity index (χ0) is 13.7. The van der Waals surface area contributed by atoms with Crippen molar-refractivity contribution in [1.29, 1.82) is 0 Å². The zero-order valence-corrected chi connectivity index (χ0v) is 12.1. The van der Waals surface area contributed by atoms with E-state index in [1.54, 1.807) is 0 Å². The van der Waals surface area contributed by atoms with E-state index in [1.165, 1.54) is 0 Å².